The van der Waals surface area contributed by atoms with Crippen molar-refractivity contribution in [3.63, 3.8) is 0 Å². The summed E-state index contributed by atoms with van der Waals surface area (Å²) in [5.74, 6) is -0.334. The fourth-order valence-corrected chi connectivity index (χ4v) is 4.06. The van der Waals surface area contributed by atoms with Crippen LogP contribution < -0.4 is 15.8 Å². The van der Waals surface area contributed by atoms with E-state index in [9.17, 15) is 19.7 Å². The van der Waals surface area contributed by atoms with E-state index in [1.807, 2.05) is 30.3 Å². The van der Waals surface area contributed by atoms with Gasteiger partial charge in [0.05, 0.1) is 22.7 Å². The number of carbonyl (C=O) groups is 1. The molecule has 33 heavy (non-hydrogen) atoms. The van der Waals surface area contributed by atoms with E-state index in [1.165, 1.54) is 18.2 Å². The van der Waals surface area contributed by atoms with Crippen molar-refractivity contribution < 1.29 is 9.72 Å². The standard InChI is InChI=1S/C25H26N4O4/c30-24-6-2-5-15-28(24)18-20-9-7-19(8-10-20)17-26-25(31)22-16-21(29(32)33)11-12-23(22)27-13-3-1-4-14-27/h2,5-12,15-16H,1,3-4,13-14,17-18H2,(H,26,31). The first kappa shape index (κ1) is 22.3. The number of carbonyl (C=O) groups excluding carboxylic acids is 1. The Morgan fingerprint density at radius 3 is 2.39 bits per heavy atom. The maximum absolute atomic E-state index is 13.0. The van der Waals surface area contributed by atoms with Crippen molar-refractivity contribution >= 4 is 17.3 Å². The van der Waals surface area contributed by atoms with Crippen LogP contribution in [0.5, 0.6) is 0 Å². The van der Waals surface area contributed by atoms with E-state index in [4.69, 9.17) is 0 Å². The van der Waals surface area contributed by atoms with Crippen LogP contribution in [0.25, 0.3) is 0 Å². The average Bonchev–Trinajstić information content (AvgIpc) is 2.85. The number of non-ortho nitro benzene ring substituents is 1. The van der Waals surface area contributed by atoms with E-state index in [0.717, 1.165) is 49.2 Å². The van der Waals surface area contributed by atoms with Gasteiger partial charge in [0.15, 0.2) is 0 Å². The Morgan fingerprint density at radius 1 is 0.970 bits per heavy atom. The number of nitrogens with one attached hydrogen (secondary N) is 1. The number of amides is 1. The minimum absolute atomic E-state index is 0.0599. The zero-order chi connectivity index (χ0) is 23.2. The van der Waals surface area contributed by atoms with Gasteiger partial charge in [-0.25, -0.2) is 0 Å². The number of aromatic nitrogens is 1. The normalized spacial score (nSPS) is 13.5. The molecular weight excluding hydrogens is 420 g/mol. The fourth-order valence-electron chi connectivity index (χ4n) is 4.06. The number of nitrogens with zero attached hydrogens (tertiary/aromatic N) is 3. The summed E-state index contributed by atoms with van der Waals surface area (Å²) < 4.78 is 1.63. The van der Waals surface area contributed by atoms with E-state index in [1.54, 1.807) is 22.9 Å². The molecule has 0 spiro atoms. The van der Waals surface area contributed by atoms with Crippen LogP contribution in [0, 0.1) is 10.1 Å². The zero-order valence-corrected chi connectivity index (χ0v) is 18.3. The van der Waals surface area contributed by atoms with E-state index in [0.29, 0.717) is 18.7 Å². The zero-order valence-electron chi connectivity index (χ0n) is 18.3. The molecule has 1 aliphatic rings. The molecule has 0 bridgehead atoms. The van der Waals surface area contributed by atoms with E-state index in [2.05, 4.69) is 10.2 Å². The van der Waals surface area contributed by atoms with E-state index in [-0.39, 0.29) is 17.2 Å². The molecule has 170 valence electrons. The third-order valence-corrected chi connectivity index (χ3v) is 5.86. The summed E-state index contributed by atoms with van der Waals surface area (Å²) in [5.41, 5.74) is 2.78. The lowest BCUT2D eigenvalue weighted by atomic mass is 10.1. The first-order valence-electron chi connectivity index (χ1n) is 11.1. The smallest absolute Gasteiger partial charge is 0.270 e. The molecule has 1 saturated heterocycles. The van der Waals surface area contributed by atoms with Crippen molar-refractivity contribution in [2.75, 3.05) is 18.0 Å². The highest BCUT2D eigenvalue weighted by molar-refractivity contribution is 6.00. The van der Waals surface area contributed by atoms with Gasteiger partial charge >= 0.3 is 0 Å². The Labute approximate surface area is 191 Å². The molecule has 1 N–H and O–H groups in total. The van der Waals surface area contributed by atoms with Crippen molar-refractivity contribution in [2.45, 2.75) is 32.4 Å². The molecule has 1 amide bonds. The first-order valence-corrected chi connectivity index (χ1v) is 11.1. The van der Waals surface area contributed by atoms with Crippen LogP contribution in [0.15, 0.2) is 71.7 Å². The van der Waals surface area contributed by atoms with E-state index >= 15 is 0 Å². The molecule has 0 saturated carbocycles. The van der Waals surface area contributed by atoms with Crippen LogP contribution in [0.2, 0.25) is 0 Å². The molecule has 8 nitrogen and oxygen atoms in total. The maximum Gasteiger partial charge on any atom is 0.270 e. The molecule has 8 heteroatoms. The summed E-state index contributed by atoms with van der Waals surface area (Å²) >= 11 is 0. The molecule has 0 unspecified atom stereocenters. The topological polar surface area (TPSA) is 97.5 Å². The third kappa shape index (κ3) is 5.46. The Morgan fingerprint density at radius 2 is 1.70 bits per heavy atom. The van der Waals surface area contributed by atoms with E-state index < -0.39 is 4.92 Å². The first-order chi connectivity index (χ1) is 16.0. The highest BCUT2D eigenvalue weighted by Gasteiger charge is 2.21. The van der Waals surface area contributed by atoms with Gasteiger partial charge in [-0.2, -0.15) is 0 Å². The molecule has 3 aromatic rings. The monoisotopic (exact) mass is 446 g/mol. The predicted molar refractivity (Wildman–Crippen MR) is 127 cm³/mol. The third-order valence-electron chi connectivity index (χ3n) is 5.86. The number of nitro groups is 1. The second-order valence-corrected chi connectivity index (χ2v) is 8.17. The molecule has 2 heterocycles. The summed E-state index contributed by atoms with van der Waals surface area (Å²) in [4.78, 5) is 37.8. The van der Waals surface area contributed by atoms with Gasteiger partial charge in [0, 0.05) is 44.0 Å². The van der Waals surface area contributed by atoms with Gasteiger partial charge in [0.1, 0.15) is 0 Å². The fraction of sp³-hybridized carbons (Fsp3) is 0.280. The van der Waals surface area contributed by atoms with Gasteiger partial charge in [-0.1, -0.05) is 30.3 Å². The van der Waals surface area contributed by atoms with Gasteiger partial charge in [0.25, 0.3) is 17.2 Å². The van der Waals surface area contributed by atoms with Crippen LogP contribution in [0.3, 0.4) is 0 Å². The minimum atomic E-state index is -0.479. The summed E-state index contributed by atoms with van der Waals surface area (Å²) in [5, 5.41) is 14.2. The summed E-state index contributed by atoms with van der Waals surface area (Å²) in [7, 11) is 0. The highest BCUT2D eigenvalue weighted by Crippen LogP contribution is 2.28. The lowest BCUT2D eigenvalue weighted by Gasteiger charge is -2.30. The maximum atomic E-state index is 13.0. The number of rotatable bonds is 7. The van der Waals surface area contributed by atoms with Crippen LogP contribution in [-0.2, 0) is 13.1 Å². The van der Waals surface area contributed by atoms with Crippen LogP contribution in [-0.4, -0.2) is 28.5 Å². The van der Waals surface area contributed by atoms with Crippen LogP contribution in [0.4, 0.5) is 11.4 Å². The number of anilines is 1. The molecule has 0 aliphatic carbocycles. The van der Waals surface area contributed by atoms with Gasteiger partial charge < -0.3 is 14.8 Å². The molecule has 1 fully saturated rings. The van der Waals surface area contributed by atoms with Gasteiger partial charge in [0.2, 0.25) is 0 Å². The Hall–Kier alpha value is -3.94. The van der Waals surface area contributed by atoms with Crippen molar-refractivity contribution in [3.05, 3.63) is 104 Å². The average molecular weight is 447 g/mol. The second kappa shape index (κ2) is 10.1. The largest absolute Gasteiger partial charge is 0.371 e. The summed E-state index contributed by atoms with van der Waals surface area (Å²) in [6.07, 6.45) is 4.98. The van der Waals surface area contributed by atoms with Crippen molar-refractivity contribution in [1.82, 2.24) is 9.88 Å². The lowest BCUT2D eigenvalue weighted by molar-refractivity contribution is -0.384. The van der Waals surface area contributed by atoms with Crippen LogP contribution >= 0.6 is 0 Å². The Kier molecular flexibility index (Phi) is 6.83. The minimum Gasteiger partial charge on any atom is -0.371 e. The summed E-state index contributed by atoms with van der Waals surface area (Å²) in [6, 6.07) is 17.2. The lowest BCUT2D eigenvalue weighted by Crippen LogP contribution is -2.32. The second-order valence-electron chi connectivity index (χ2n) is 8.17. The van der Waals surface area contributed by atoms with Crippen molar-refractivity contribution in [2.24, 2.45) is 0 Å². The molecule has 0 atom stereocenters. The summed E-state index contributed by atoms with van der Waals surface area (Å²) in [6.45, 7) is 2.44. The molecule has 4 rings (SSSR count). The number of hydrogen-bond donors (Lipinski definition) is 1. The molecular formula is C25H26N4O4. The van der Waals surface area contributed by atoms with Gasteiger partial charge in [-0.15, -0.1) is 0 Å². The molecule has 1 aromatic heterocycles. The van der Waals surface area contributed by atoms with Crippen LogP contribution in [0.1, 0.15) is 40.7 Å². The molecule has 0 radical (unpaired) electrons. The number of hydrogen-bond acceptors (Lipinski definition) is 5. The molecule has 1 aliphatic heterocycles. The number of nitro benzene ring substituents is 1. The SMILES string of the molecule is O=C(NCc1ccc(Cn2ccccc2=O)cc1)c1cc([N+](=O)[O-])ccc1N1CCCCC1. The number of benzene rings is 2. The predicted octanol–water partition coefficient (Wildman–Crippen LogP) is 3.73. The number of pyridine rings is 1. The Balaban J connectivity index is 1.45. The Bertz CT molecular complexity index is 1200. The number of piperidine rings is 1. The van der Waals surface area contributed by atoms with Gasteiger partial charge in [-0.3, -0.25) is 19.7 Å². The van der Waals surface area contributed by atoms with Crippen molar-refractivity contribution in [1.29, 1.82) is 0 Å². The highest BCUT2D eigenvalue weighted by atomic mass is 16.6. The quantitative estimate of drug-likeness (QED) is 0.441. The van der Waals surface area contributed by atoms with Crippen molar-refractivity contribution in [3.8, 4) is 0 Å². The van der Waals surface area contributed by atoms with Gasteiger partial charge in [-0.05, 0) is 42.5 Å². The molecule has 2 aromatic carbocycles.